The van der Waals surface area contributed by atoms with Crippen LogP contribution in [0.5, 0.6) is 5.75 Å². The van der Waals surface area contributed by atoms with Gasteiger partial charge in [0, 0.05) is 5.56 Å². The first-order chi connectivity index (χ1) is 14.2. The second kappa shape index (κ2) is 8.62. The first kappa shape index (κ1) is 18.8. The van der Waals surface area contributed by atoms with E-state index >= 15 is 0 Å². The van der Waals surface area contributed by atoms with E-state index in [1.807, 2.05) is 42.5 Å². The van der Waals surface area contributed by atoms with Crippen LogP contribution >= 0.6 is 11.3 Å². The molecule has 0 aliphatic heterocycles. The second-order valence-electron chi connectivity index (χ2n) is 6.11. The molecule has 144 valence electrons. The van der Waals surface area contributed by atoms with Gasteiger partial charge in [-0.1, -0.05) is 65.9 Å². The molecule has 0 saturated heterocycles. The van der Waals surface area contributed by atoms with E-state index < -0.39 is 0 Å². The Balaban J connectivity index is 1.48. The maximum absolute atomic E-state index is 13.3. The van der Waals surface area contributed by atoms with Crippen LogP contribution < -0.4 is 10.1 Å². The third kappa shape index (κ3) is 4.64. The number of nitrogens with zero attached hydrogens (tertiary/aromatic N) is 2. The minimum atomic E-state index is -0.316. The van der Waals surface area contributed by atoms with E-state index in [1.54, 1.807) is 24.3 Å². The predicted molar refractivity (Wildman–Crippen MR) is 111 cm³/mol. The molecule has 1 amide bonds. The van der Waals surface area contributed by atoms with Crippen LogP contribution in [0, 0.1) is 5.82 Å². The van der Waals surface area contributed by atoms with Crippen LogP contribution in [0.15, 0.2) is 78.9 Å². The summed E-state index contributed by atoms with van der Waals surface area (Å²) in [5, 5.41) is 12.0. The Morgan fingerprint density at radius 1 is 0.897 bits per heavy atom. The second-order valence-corrected chi connectivity index (χ2v) is 7.09. The van der Waals surface area contributed by atoms with Crippen molar-refractivity contribution >= 4 is 22.4 Å². The molecule has 0 aliphatic rings. The summed E-state index contributed by atoms with van der Waals surface area (Å²) in [5.74, 6) is 0.0158. The van der Waals surface area contributed by atoms with E-state index in [1.165, 1.54) is 23.5 Å². The molecule has 1 aromatic heterocycles. The fraction of sp³-hybridized carbons (Fsp3) is 0.0455. The molecular formula is C22H16FN3O2S. The molecule has 1 N–H and O–H groups in total. The predicted octanol–water partition coefficient (Wildman–Crippen LogP) is 5.03. The number of para-hydroxylation sites is 1. The van der Waals surface area contributed by atoms with Crippen LogP contribution in [0.3, 0.4) is 0 Å². The molecule has 5 nitrogen and oxygen atoms in total. The van der Waals surface area contributed by atoms with Gasteiger partial charge in [0.05, 0.1) is 0 Å². The molecule has 7 heteroatoms. The van der Waals surface area contributed by atoms with Crippen LogP contribution in [0.2, 0.25) is 0 Å². The molecule has 1 heterocycles. The van der Waals surface area contributed by atoms with Crippen molar-refractivity contribution in [2.24, 2.45) is 0 Å². The maximum atomic E-state index is 13.3. The van der Waals surface area contributed by atoms with Crippen molar-refractivity contribution in [1.29, 1.82) is 0 Å². The fourth-order valence-electron chi connectivity index (χ4n) is 2.75. The van der Waals surface area contributed by atoms with Gasteiger partial charge in [-0.05, 0) is 35.4 Å². The summed E-state index contributed by atoms with van der Waals surface area (Å²) in [6, 6.07) is 23.1. The summed E-state index contributed by atoms with van der Waals surface area (Å²) in [7, 11) is 0. The Morgan fingerprint density at radius 2 is 1.59 bits per heavy atom. The lowest BCUT2D eigenvalue weighted by molar-refractivity contribution is -0.118. The van der Waals surface area contributed by atoms with Crippen LogP contribution in [0.1, 0.15) is 0 Å². The molecule has 4 aromatic rings. The smallest absolute Gasteiger partial charge is 0.264 e. The average molecular weight is 405 g/mol. The molecular weight excluding hydrogens is 389 g/mol. The molecule has 0 aliphatic carbocycles. The number of anilines is 1. The number of ether oxygens (including phenoxy) is 1. The zero-order chi connectivity index (χ0) is 20.1. The van der Waals surface area contributed by atoms with E-state index in [0.717, 1.165) is 16.7 Å². The first-order valence-electron chi connectivity index (χ1n) is 8.85. The number of aromatic nitrogens is 2. The van der Waals surface area contributed by atoms with Gasteiger partial charge in [-0.3, -0.25) is 10.1 Å². The Hall–Kier alpha value is -3.58. The molecule has 0 fully saturated rings. The molecule has 3 aromatic carbocycles. The summed E-state index contributed by atoms with van der Waals surface area (Å²) in [6.45, 7) is -0.120. The zero-order valence-corrected chi connectivity index (χ0v) is 16.0. The number of carbonyl (C=O) groups is 1. The van der Waals surface area contributed by atoms with Crippen LogP contribution in [-0.2, 0) is 4.79 Å². The lowest BCUT2D eigenvalue weighted by Crippen LogP contribution is -2.20. The van der Waals surface area contributed by atoms with E-state index in [4.69, 9.17) is 4.74 Å². The SMILES string of the molecule is O=C(COc1ccccc1)Nc1nnc(-c2ccccc2-c2ccc(F)cc2)s1. The standard InChI is InChI=1S/C22H16FN3O2S/c23-16-12-10-15(11-13-16)18-8-4-5-9-19(18)21-25-26-22(29-21)24-20(27)14-28-17-6-2-1-3-7-17/h1-13H,14H2,(H,24,26,27). The molecule has 29 heavy (non-hydrogen) atoms. The van der Waals surface area contributed by atoms with Gasteiger partial charge < -0.3 is 4.74 Å². The number of benzene rings is 3. The molecule has 0 saturated carbocycles. The minimum absolute atomic E-state index is 0.120. The third-order valence-electron chi connectivity index (χ3n) is 4.10. The zero-order valence-electron chi connectivity index (χ0n) is 15.2. The first-order valence-corrected chi connectivity index (χ1v) is 9.67. The van der Waals surface area contributed by atoms with Crippen molar-refractivity contribution in [1.82, 2.24) is 10.2 Å². The van der Waals surface area contributed by atoms with E-state index in [0.29, 0.717) is 15.9 Å². The van der Waals surface area contributed by atoms with Crippen molar-refractivity contribution in [3.8, 4) is 27.4 Å². The number of nitrogens with one attached hydrogen (secondary N) is 1. The van der Waals surface area contributed by atoms with E-state index in [2.05, 4.69) is 15.5 Å². The van der Waals surface area contributed by atoms with Gasteiger partial charge in [-0.25, -0.2) is 4.39 Å². The maximum Gasteiger partial charge on any atom is 0.264 e. The Labute approximate surface area is 170 Å². The van der Waals surface area contributed by atoms with Crippen LogP contribution in [-0.4, -0.2) is 22.7 Å². The van der Waals surface area contributed by atoms with Gasteiger partial charge in [-0.15, -0.1) is 10.2 Å². The number of carbonyl (C=O) groups excluding carboxylic acids is 1. The molecule has 0 spiro atoms. The van der Waals surface area contributed by atoms with Crippen LogP contribution in [0.25, 0.3) is 21.7 Å². The normalized spacial score (nSPS) is 10.5. The Kier molecular flexibility index (Phi) is 5.58. The number of amides is 1. The fourth-order valence-corrected chi connectivity index (χ4v) is 3.55. The lowest BCUT2D eigenvalue weighted by atomic mass is 10.0. The lowest BCUT2D eigenvalue weighted by Gasteiger charge is -2.07. The topological polar surface area (TPSA) is 64.1 Å². The van der Waals surface area contributed by atoms with Gasteiger partial charge in [0.1, 0.15) is 16.6 Å². The molecule has 0 unspecified atom stereocenters. The van der Waals surface area contributed by atoms with Gasteiger partial charge in [0.25, 0.3) is 5.91 Å². The van der Waals surface area contributed by atoms with Gasteiger partial charge >= 0.3 is 0 Å². The number of hydrogen-bond donors (Lipinski definition) is 1. The van der Waals surface area contributed by atoms with Crippen molar-refractivity contribution < 1.29 is 13.9 Å². The summed E-state index contributed by atoms with van der Waals surface area (Å²) >= 11 is 1.26. The largest absolute Gasteiger partial charge is 0.484 e. The Bertz CT molecular complexity index is 1110. The highest BCUT2D eigenvalue weighted by Gasteiger charge is 2.14. The third-order valence-corrected chi connectivity index (χ3v) is 4.97. The highest BCUT2D eigenvalue weighted by atomic mass is 32.1. The van der Waals surface area contributed by atoms with Crippen molar-refractivity contribution in [3.63, 3.8) is 0 Å². The monoisotopic (exact) mass is 405 g/mol. The molecule has 0 atom stereocenters. The molecule has 0 bridgehead atoms. The number of hydrogen-bond acceptors (Lipinski definition) is 5. The van der Waals surface area contributed by atoms with Gasteiger partial charge in [0.15, 0.2) is 6.61 Å². The van der Waals surface area contributed by atoms with Crippen molar-refractivity contribution in [2.75, 3.05) is 11.9 Å². The van der Waals surface area contributed by atoms with Gasteiger partial charge in [-0.2, -0.15) is 0 Å². The van der Waals surface area contributed by atoms with Gasteiger partial charge in [0.2, 0.25) is 5.13 Å². The number of halogens is 1. The summed E-state index contributed by atoms with van der Waals surface area (Å²) < 4.78 is 18.7. The Morgan fingerprint density at radius 3 is 2.34 bits per heavy atom. The number of rotatable bonds is 6. The minimum Gasteiger partial charge on any atom is -0.484 e. The summed E-state index contributed by atoms with van der Waals surface area (Å²) in [4.78, 5) is 12.1. The highest BCUT2D eigenvalue weighted by molar-refractivity contribution is 7.18. The highest BCUT2D eigenvalue weighted by Crippen LogP contribution is 2.34. The average Bonchev–Trinajstić information content (AvgIpc) is 3.22. The molecule has 0 radical (unpaired) electrons. The summed E-state index contributed by atoms with van der Waals surface area (Å²) in [5.41, 5.74) is 2.64. The van der Waals surface area contributed by atoms with E-state index in [9.17, 15) is 9.18 Å². The van der Waals surface area contributed by atoms with E-state index in [-0.39, 0.29) is 18.3 Å². The van der Waals surface area contributed by atoms with Crippen molar-refractivity contribution in [2.45, 2.75) is 0 Å². The summed E-state index contributed by atoms with van der Waals surface area (Å²) in [6.07, 6.45) is 0. The molecule has 4 rings (SSSR count). The van der Waals surface area contributed by atoms with Crippen molar-refractivity contribution in [3.05, 3.63) is 84.7 Å². The quantitative estimate of drug-likeness (QED) is 0.489. The van der Waals surface area contributed by atoms with Crippen LogP contribution in [0.4, 0.5) is 9.52 Å².